The van der Waals surface area contributed by atoms with Gasteiger partial charge in [-0.3, -0.25) is 0 Å². The van der Waals surface area contributed by atoms with Crippen LogP contribution in [-0.4, -0.2) is 12.2 Å². The molecular weight excluding hydrogens is 330 g/mol. The van der Waals surface area contributed by atoms with Crippen molar-refractivity contribution in [2.45, 2.75) is 51.0 Å². The van der Waals surface area contributed by atoms with E-state index in [2.05, 4.69) is 22.0 Å². The van der Waals surface area contributed by atoms with E-state index in [4.69, 9.17) is 4.74 Å². The number of hydrogen-bond donors (Lipinski definition) is 1. The van der Waals surface area contributed by atoms with Crippen LogP contribution in [0.1, 0.15) is 56.6 Å². The monoisotopic (exact) mass is 351 g/mol. The van der Waals surface area contributed by atoms with E-state index in [1.165, 1.54) is 6.42 Å². The molecule has 114 valence electrons. The average molecular weight is 352 g/mol. The quantitative estimate of drug-likeness (QED) is 0.854. The zero-order valence-corrected chi connectivity index (χ0v) is 14.0. The van der Waals surface area contributed by atoms with Crippen molar-refractivity contribution in [3.8, 4) is 11.8 Å². The third-order valence-corrected chi connectivity index (χ3v) is 5.21. The standard InChI is InChI=1S/C17H22BrNO2/c1-21-13-7-8-15(18)14(11-13)16(20)17(12-19)9-5-3-2-4-6-10-17/h7-8,11,16,20H,2-6,9-10H2,1H3. The second kappa shape index (κ2) is 7.29. The second-order valence-corrected chi connectivity index (χ2v) is 6.68. The highest BCUT2D eigenvalue weighted by molar-refractivity contribution is 9.10. The summed E-state index contributed by atoms with van der Waals surface area (Å²) in [4.78, 5) is 0. The van der Waals surface area contributed by atoms with E-state index < -0.39 is 11.5 Å². The van der Waals surface area contributed by atoms with Crippen molar-refractivity contribution in [1.82, 2.24) is 0 Å². The number of rotatable bonds is 3. The number of ether oxygens (including phenoxy) is 1. The molecule has 1 aliphatic rings. The zero-order chi connectivity index (χ0) is 15.3. The van der Waals surface area contributed by atoms with Gasteiger partial charge < -0.3 is 9.84 Å². The molecule has 1 aliphatic carbocycles. The first kappa shape index (κ1) is 16.3. The van der Waals surface area contributed by atoms with Crippen LogP contribution in [0.15, 0.2) is 22.7 Å². The van der Waals surface area contributed by atoms with E-state index >= 15 is 0 Å². The zero-order valence-electron chi connectivity index (χ0n) is 12.4. The summed E-state index contributed by atoms with van der Waals surface area (Å²) < 4.78 is 6.07. The lowest BCUT2D eigenvalue weighted by molar-refractivity contribution is 0.0427. The lowest BCUT2D eigenvalue weighted by Crippen LogP contribution is -2.29. The van der Waals surface area contributed by atoms with Crippen LogP contribution >= 0.6 is 15.9 Å². The Kier molecular flexibility index (Phi) is 5.66. The van der Waals surface area contributed by atoms with Gasteiger partial charge in [0.25, 0.3) is 0 Å². The summed E-state index contributed by atoms with van der Waals surface area (Å²) in [7, 11) is 1.61. The molecule has 0 saturated heterocycles. The van der Waals surface area contributed by atoms with Crippen molar-refractivity contribution >= 4 is 15.9 Å². The third kappa shape index (κ3) is 3.59. The first-order valence-electron chi connectivity index (χ1n) is 7.56. The fourth-order valence-electron chi connectivity index (χ4n) is 3.14. The van der Waals surface area contributed by atoms with Gasteiger partial charge in [0, 0.05) is 4.47 Å². The van der Waals surface area contributed by atoms with Crippen molar-refractivity contribution in [1.29, 1.82) is 5.26 Å². The van der Waals surface area contributed by atoms with Crippen LogP contribution in [-0.2, 0) is 0 Å². The lowest BCUT2D eigenvalue weighted by Gasteiger charge is -2.34. The highest BCUT2D eigenvalue weighted by Crippen LogP contribution is 2.46. The molecule has 1 aromatic carbocycles. The highest BCUT2D eigenvalue weighted by Gasteiger charge is 2.39. The van der Waals surface area contributed by atoms with Crippen LogP contribution in [0.25, 0.3) is 0 Å². The minimum Gasteiger partial charge on any atom is -0.497 e. The van der Waals surface area contributed by atoms with Crippen molar-refractivity contribution < 1.29 is 9.84 Å². The van der Waals surface area contributed by atoms with E-state index in [1.807, 2.05) is 18.2 Å². The van der Waals surface area contributed by atoms with Gasteiger partial charge in [-0.1, -0.05) is 48.0 Å². The van der Waals surface area contributed by atoms with E-state index in [-0.39, 0.29) is 0 Å². The van der Waals surface area contributed by atoms with Gasteiger partial charge in [-0.05, 0) is 36.6 Å². The number of halogens is 1. The minimum absolute atomic E-state index is 0.685. The topological polar surface area (TPSA) is 53.2 Å². The Labute approximate surface area is 135 Å². The normalized spacial score (nSPS) is 19.9. The van der Waals surface area contributed by atoms with E-state index in [9.17, 15) is 10.4 Å². The molecule has 0 bridgehead atoms. The number of nitrogens with zero attached hydrogens (tertiary/aromatic N) is 1. The fourth-order valence-corrected chi connectivity index (χ4v) is 3.60. The summed E-state index contributed by atoms with van der Waals surface area (Å²) in [5, 5.41) is 20.7. The Morgan fingerprint density at radius 1 is 1.24 bits per heavy atom. The van der Waals surface area contributed by atoms with Gasteiger partial charge in [0.2, 0.25) is 0 Å². The van der Waals surface area contributed by atoms with Gasteiger partial charge in [-0.25, -0.2) is 0 Å². The average Bonchev–Trinajstić information content (AvgIpc) is 2.48. The van der Waals surface area contributed by atoms with Gasteiger partial charge in [0.05, 0.1) is 24.7 Å². The Morgan fingerprint density at radius 2 is 1.86 bits per heavy atom. The third-order valence-electron chi connectivity index (χ3n) is 4.49. The molecule has 0 aliphatic heterocycles. The maximum absolute atomic E-state index is 10.9. The van der Waals surface area contributed by atoms with E-state index in [1.54, 1.807) is 7.11 Å². The Hall–Kier alpha value is -1.05. The number of benzene rings is 1. The molecule has 0 spiro atoms. The number of nitriles is 1. The van der Waals surface area contributed by atoms with Crippen molar-refractivity contribution in [2.24, 2.45) is 5.41 Å². The van der Waals surface area contributed by atoms with Crippen LogP contribution in [0.3, 0.4) is 0 Å². The molecule has 1 N–H and O–H groups in total. The molecule has 2 rings (SSSR count). The van der Waals surface area contributed by atoms with E-state index in [0.29, 0.717) is 5.75 Å². The maximum Gasteiger partial charge on any atom is 0.119 e. The first-order chi connectivity index (χ1) is 10.1. The number of aliphatic hydroxyl groups is 1. The van der Waals surface area contributed by atoms with Crippen molar-refractivity contribution in [2.75, 3.05) is 7.11 Å². The Balaban J connectivity index is 2.34. The summed E-state index contributed by atoms with van der Waals surface area (Å²) in [5.41, 5.74) is 0.0615. The summed E-state index contributed by atoms with van der Waals surface area (Å²) in [6.07, 6.45) is 6.27. The largest absolute Gasteiger partial charge is 0.497 e. The van der Waals surface area contributed by atoms with Crippen molar-refractivity contribution in [3.05, 3.63) is 28.2 Å². The Bertz CT molecular complexity index is 516. The summed E-state index contributed by atoms with van der Waals surface area (Å²) in [6, 6.07) is 7.97. The molecule has 0 radical (unpaired) electrons. The molecule has 3 nitrogen and oxygen atoms in total. The lowest BCUT2D eigenvalue weighted by atomic mass is 9.71. The van der Waals surface area contributed by atoms with E-state index in [0.717, 1.165) is 48.6 Å². The molecule has 1 atom stereocenters. The van der Waals surface area contributed by atoms with Crippen LogP contribution in [0.2, 0.25) is 0 Å². The molecule has 0 heterocycles. The number of methoxy groups -OCH3 is 1. The molecule has 1 fully saturated rings. The molecule has 0 aromatic heterocycles. The van der Waals surface area contributed by atoms with Crippen LogP contribution in [0, 0.1) is 16.7 Å². The SMILES string of the molecule is COc1ccc(Br)c(C(O)C2(C#N)CCCCCCC2)c1. The van der Waals surface area contributed by atoms with Gasteiger partial charge in [-0.15, -0.1) is 0 Å². The molecular formula is C17H22BrNO2. The predicted octanol–water partition coefficient (Wildman–Crippen LogP) is 4.75. The molecule has 0 amide bonds. The number of hydrogen-bond acceptors (Lipinski definition) is 3. The molecule has 1 aromatic rings. The van der Waals surface area contributed by atoms with Gasteiger partial charge in [0.1, 0.15) is 5.75 Å². The summed E-state index contributed by atoms with van der Waals surface area (Å²) in [6.45, 7) is 0. The highest BCUT2D eigenvalue weighted by atomic mass is 79.9. The maximum atomic E-state index is 10.9. The van der Waals surface area contributed by atoms with Crippen LogP contribution in [0.4, 0.5) is 0 Å². The van der Waals surface area contributed by atoms with Crippen molar-refractivity contribution in [3.63, 3.8) is 0 Å². The summed E-state index contributed by atoms with van der Waals surface area (Å²) in [5.74, 6) is 0.700. The van der Waals surface area contributed by atoms with Crippen LogP contribution in [0.5, 0.6) is 5.75 Å². The number of aliphatic hydroxyl groups excluding tert-OH is 1. The Morgan fingerprint density at radius 3 is 2.43 bits per heavy atom. The minimum atomic E-state index is -0.787. The van der Waals surface area contributed by atoms with Gasteiger partial charge >= 0.3 is 0 Å². The van der Waals surface area contributed by atoms with Gasteiger partial charge in [-0.2, -0.15) is 5.26 Å². The fraction of sp³-hybridized carbons (Fsp3) is 0.588. The van der Waals surface area contributed by atoms with Crippen LogP contribution < -0.4 is 4.74 Å². The molecule has 1 saturated carbocycles. The second-order valence-electron chi connectivity index (χ2n) is 5.83. The summed E-state index contributed by atoms with van der Waals surface area (Å²) >= 11 is 3.49. The predicted molar refractivity (Wildman–Crippen MR) is 86.0 cm³/mol. The molecule has 4 heteroatoms. The molecule has 1 unspecified atom stereocenters. The first-order valence-corrected chi connectivity index (χ1v) is 8.35. The smallest absolute Gasteiger partial charge is 0.119 e. The van der Waals surface area contributed by atoms with Gasteiger partial charge in [0.15, 0.2) is 0 Å². The molecule has 21 heavy (non-hydrogen) atoms.